The van der Waals surface area contributed by atoms with Gasteiger partial charge in [-0.1, -0.05) is 0 Å². The van der Waals surface area contributed by atoms with Gasteiger partial charge in [-0.15, -0.1) is 0 Å². The van der Waals surface area contributed by atoms with Crippen LogP contribution in [-0.4, -0.2) is 23.0 Å². The van der Waals surface area contributed by atoms with Crippen molar-refractivity contribution >= 4 is 11.9 Å². The molecule has 0 aromatic rings. The van der Waals surface area contributed by atoms with E-state index in [0.717, 1.165) is 19.3 Å². The summed E-state index contributed by atoms with van der Waals surface area (Å²) in [4.78, 5) is 23.2. The van der Waals surface area contributed by atoms with Crippen molar-refractivity contribution in [1.29, 1.82) is 0 Å². The summed E-state index contributed by atoms with van der Waals surface area (Å²) in [6.07, 6.45) is 2.92. The summed E-state index contributed by atoms with van der Waals surface area (Å²) in [6.45, 7) is 3.81. The maximum absolute atomic E-state index is 12.0. The van der Waals surface area contributed by atoms with E-state index >= 15 is 0 Å². The van der Waals surface area contributed by atoms with Crippen LogP contribution in [0.25, 0.3) is 0 Å². The monoisotopic (exact) mass is 225 g/mol. The van der Waals surface area contributed by atoms with Crippen LogP contribution in [0.15, 0.2) is 0 Å². The Kier molecular flexibility index (Phi) is 2.91. The predicted octanol–water partition coefficient (Wildman–Crippen LogP) is 1.26. The highest BCUT2D eigenvalue weighted by Crippen LogP contribution is 2.52. The zero-order chi connectivity index (χ0) is 11.9. The molecule has 1 amide bonds. The minimum absolute atomic E-state index is 0.0606. The number of carbonyl (C=O) groups is 2. The molecule has 2 N–H and O–H groups in total. The van der Waals surface area contributed by atoms with Gasteiger partial charge in [0.25, 0.3) is 0 Å². The van der Waals surface area contributed by atoms with Crippen LogP contribution in [0, 0.1) is 23.7 Å². The molecule has 0 aromatic heterocycles. The van der Waals surface area contributed by atoms with Crippen molar-refractivity contribution in [1.82, 2.24) is 5.32 Å². The second-order valence-corrected chi connectivity index (χ2v) is 5.39. The number of nitrogens with one attached hydrogen (secondary N) is 1. The van der Waals surface area contributed by atoms with E-state index in [-0.39, 0.29) is 23.8 Å². The lowest BCUT2D eigenvalue weighted by molar-refractivity contribution is -0.149. The van der Waals surface area contributed by atoms with Gasteiger partial charge in [0.2, 0.25) is 5.91 Å². The summed E-state index contributed by atoms with van der Waals surface area (Å²) in [7, 11) is 0. The first kappa shape index (κ1) is 11.4. The molecule has 2 saturated carbocycles. The molecule has 0 aromatic carbocycles. The molecule has 0 spiro atoms. The first-order chi connectivity index (χ1) is 7.50. The number of carbonyl (C=O) groups excluding carboxylic acids is 1. The minimum Gasteiger partial charge on any atom is -0.481 e. The topological polar surface area (TPSA) is 66.4 Å². The molecule has 0 heterocycles. The average Bonchev–Trinajstić information content (AvgIpc) is 2.74. The van der Waals surface area contributed by atoms with Gasteiger partial charge in [-0.05, 0) is 44.9 Å². The maximum Gasteiger partial charge on any atom is 0.307 e. The molecule has 2 bridgehead atoms. The Hall–Kier alpha value is -1.06. The second-order valence-electron chi connectivity index (χ2n) is 5.39. The molecule has 4 nitrogen and oxygen atoms in total. The van der Waals surface area contributed by atoms with Gasteiger partial charge >= 0.3 is 5.97 Å². The Morgan fingerprint density at radius 3 is 2.25 bits per heavy atom. The largest absolute Gasteiger partial charge is 0.481 e. The summed E-state index contributed by atoms with van der Waals surface area (Å²) in [5, 5.41) is 12.1. The van der Waals surface area contributed by atoms with Crippen molar-refractivity contribution < 1.29 is 14.7 Å². The van der Waals surface area contributed by atoms with Crippen LogP contribution >= 0.6 is 0 Å². The minimum atomic E-state index is -0.795. The Labute approximate surface area is 95.4 Å². The van der Waals surface area contributed by atoms with Crippen LogP contribution in [-0.2, 0) is 9.59 Å². The van der Waals surface area contributed by atoms with Crippen LogP contribution in [0.2, 0.25) is 0 Å². The van der Waals surface area contributed by atoms with Gasteiger partial charge < -0.3 is 10.4 Å². The second kappa shape index (κ2) is 4.07. The van der Waals surface area contributed by atoms with Crippen molar-refractivity contribution in [3.05, 3.63) is 0 Å². The molecule has 2 aliphatic rings. The molecule has 2 fully saturated rings. The third kappa shape index (κ3) is 1.81. The molecule has 16 heavy (non-hydrogen) atoms. The van der Waals surface area contributed by atoms with Gasteiger partial charge in [-0.2, -0.15) is 0 Å². The lowest BCUT2D eigenvalue weighted by atomic mass is 9.78. The number of hydrogen-bond donors (Lipinski definition) is 2. The van der Waals surface area contributed by atoms with Gasteiger partial charge in [0.1, 0.15) is 0 Å². The van der Waals surface area contributed by atoms with E-state index in [4.69, 9.17) is 0 Å². The highest BCUT2D eigenvalue weighted by atomic mass is 16.4. The van der Waals surface area contributed by atoms with Gasteiger partial charge in [0.15, 0.2) is 0 Å². The molecule has 2 aliphatic carbocycles. The number of amides is 1. The first-order valence-electron chi connectivity index (χ1n) is 6.04. The Bertz CT molecular complexity index is 313. The fraction of sp³-hybridized carbons (Fsp3) is 0.833. The molecule has 2 rings (SSSR count). The van der Waals surface area contributed by atoms with Crippen molar-refractivity contribution in [3.63, 3.8) is 0 Å². The standard InChI is InChI=1S/C12H19NO3/c1-6(2)13-11(14)9-7-3-4-8(5-7)10(9)12(15)16/h6-10H,3-5H2,1-2H3,(H,13,14)(H,15,16)/t7-,8-,9+,10-/m0/s1. The summed E-state index contributed by atoms with van der Waals surface area (Å²) in [5.41, 5.74) is 0. The van der Waals surface area contributed by atoms with E-state index in [2.05, 4.69) is 5.32 Å². The maximum atomic E-state index is 12.0. The molecule has 90 valence electrons. The zero-order valence-corrected chi connectivity index (χ0v) is 9.77. The van der Waals surface area contributed by atoms with Crippen molar-refractivity contribution in [2.75, 3.05) is 0 Å². The fourth-order valence-electron chi connectivity index (χ4n) is 3.40. The molecule has 4 atom stereocenters. The summed E-state index contributed by atoms with van der Waals surface area (Å²) >= 11 is 0. The lowest BCUT2D eigenvalue weighted by Crippen LogP contribution is -2.43. The Morgan fingerprint density at radius 2 is 1.75 bits per heavy atom. The molecule has 0 unspecified atom stereocenters. The lowest BCUT2D eigenvalue weighted by Gasteiger charge is -2.27. The normalized spacial score (nSPS) is 36.7. The fourth-order valence-corrected chi connectivity index (χ4v) is 3.40. The summed E-state index contributed by atoms with van der Waals surface area (Å²) in [5.74, 6) is -1.07. The van der Waals surface area contributed by atoms with Gasteiger partial charge in [-0.3, -0.25) is 9.59 Å². The van der Waals surface area contributed by atoms with Crippen LogP contribution < -0.4 is 5.32 Å². The van der Waals surface area contributed by atoms with E-state index in [9.17, 15) is 14.7 Å². The molecular formula is C12H19NO3. The Morgan fingerprint density at radius 1 is 1.19 bits per heavy atom. The number of hydrogen-bond acceptors (Lipinski definition) is 2. The SMILES string of the molecule is CC(C)NC(=O)[C@@H]1[C@H]2CC[C@@H](C2)[C@@H]1C(=O)O. The third-order valence-electron chi connectivity index (χ3n) is 3.94. The number of aliphatic carboxylic acids is 1. The quantitative estimate of drug-likeness (QED) is 0.759. The van der Waals surface area contributed by atoms with E-state index < -0.39 is 11.9 Å². The first-order valence-corrected chi connectivity index (χ1v) is 6.04. The number of carboxylic acids is 1. The van der Waals surface area contributed by atoms with Crippen molar-refractivity contribution in [3.8, 4) is 0 Å². The molecular weight excluding hydrogens is 206 g/mol. The Balaban J connectivity index is 2.12. The van der Waals surface area contributed by atoms with E-state index in [1.807, 2.05) is 13.8 Å². The molecule has 0 radical (unpaired) electrons. The molecule has 0 aliphatic heterocycles. The summed E-state index contributed by atoms with van der Waals surface area (Å²) in [6, 6.07) is 0.0843. The summed E-state index contributed by atoms with van der Waals surface area (Å²) < 4.78 is 0. The van der Waals surface area contributed by atoms with E-state index in [1.54, 1.807) is 0 Å². The van der Waals surface area contributed by atoms with Crippen LogP contribution in [0.5, 0.6) is 0 Å². The molecule has 0 saturated heterocycles. The highest BCUT2D eigenvalue weighted by Gasteiger charge is 2.53. The van der Waals surface area contributed by atoms with Crippen molar-refractivity contribution in [2.24, 2.45) is 23.7 Å². The number of fused-ring (bicyclic) bond motifs is 2. The van der Waals surface area contributed by atoms with E-state index in [1.165, 1.54) is 0 Å². The van der Waals surface area contributed by atoms with Gasteiger partial charge in [-0.25, -0.2) is 0 Å². The third-order valence-corrected chi connectivity index (χ3v) is 3.94. The van der Waals surface area contributed by atoms with Crippen molar-refractivity contribution in [2.45, 2.75) is 39.2 Å². The number of carboxylic acid groups (broad SMARTS) is 1. The molecule has 4 heteroatoms. The average molecular weight is 225 g/mol. The van der Waals surface area contributed by atoms with Gasteiger partial charge in [0.05, 0.1) is 11.8 Å². The van der Waals surface area contributed by atoms with Crippen LogP contribution in [0.4, 0.5) is 0 Å². The van der Waals surface area contributed by atoms with Gasteiger partial charge in [0, 0.05) is 6.04 Å². The number of rotatable bonds is 3. The highest BCUT2D eigenvalue weighted by molar-refractivity contribution is 5.86. The van der Waals surface area contributed by atoms with E-state index in [0.29, 0.717) is 5.92 Å². The van der Waals surface area contributed by atoms with Crippen LogP contribution in [0.1, 0.15) is 33.1 Å². The smallest absolute Gasteiger partial charge is 0.307 e. The predicted molar refractivity (Wildman–Crippen MR) is 58.7 cm³/mol. The van der Waals surface area contributed by atoms with Crippen LogP contribution in [0.3, 0.4) is 0 Å². The zero-order valence-electron chi connectivity index (χ0n) is 9.77.